The lowest BCUT2D eigenvalue weighted by molar-refractivity contribution is 0.0696. The summed E-state index contributed by atoms with van der Waals surface area (Å²) in [6.45, 7) is 9.92. The maximum Gasteiger partial charge on any atom is 0.341 e. The van der Waals surface area contributed by atoms with Crippen LogP contribution in [0.3, 0.4) is 0 Å². The Labute approximate surface area is 118 Å². The molecule has 0 radical (unpaired) electrons. The van der Waals surface area contributed by atoms with Crippen LogP contribution in [0.2, 0.25) is 0 Å². The lowest BCUT2D eigenvalue weighted by Gasteiger charge is -2.20. The summed E-state index contributed by atoms with van der Waals surface area (Å²) in [6, 6.07) is 6.03. The molecule has 0 bridgehead atoms. The van der Waals surface area contributed by atoms with E-state index in [1.807, 2.05) is 19.1 Å². The molecule has 106 valence electrons. The zero-order valence-corrected chi connectivity index (χ0v) is 12.4. The van der Waals surface area contributed by atoms with Gasteiger partial charge in [-0.3, -0.25) is 0 Å². The van der Waals surface area contributed by atoms with E-state index in [1.165, 1.54) is 0 Å². The summed E-state index contributed by atoms with van der Waals surface area (Å²) < 4.78 is 5.26. The molecule has 0 aliphatic rings. The monoisotopic (exact) mass is 273 g/mol. The van der Waals surface area contributed by atoms with E-state index < -0.39 is 5.97 Å². The van der Waals surface area contributed by atoms with E-state index in [1.54, 1.807) is 6.92 Å². The number of aromatic nitrogens is 1. The van der Waals surface area contributed by atoms with Gasteiger partial charge in [-0.15, -0.1) is 0 Å². The Hall–Kier alpha value is -2.10. The van der Waals surface area contributed by atoms with Crippen molar-refractivity contribution in [2.24, 2.45) is 0 Å². The van der Waals surface area contributed by atoms with Crippen LogP contribution in [0.25, 0.3) is 11.3 Å². The Bertz CT molecular complexity index is 663. The average molecular weight is 273 g/mol. The van der Waals surface area contributed by atoms with Crippen LogP contribution < -0.4 is 0 Å². The molecule has 1 aromatic carbocycles. The lowest BCUT2D eigenvalue weighted by Crippen LogP contribution is -2.11. The first-order chi connectivity index (χ1) is 9.21. The molecule has 2 aromatic rings. The third-order valence-corrected chi connectivity index (χ3v) is 3.42. The molecule has 1 N–H and O–H groups in total. The average Bonchev–Trinajstić information content (AvgIpc) is 2.70. The minimum absolute atomic E-state index is 0.0130. The second-order valence-corrected chi connectivity index (χ2v) is 6.06. The molecule has 2 rings (SSSR count). The SMILES string of the molecule is Cc1ccc(C(C)(C)C)cc1-c1onc(C)c1C(=O)O. The maximum absolute atomic E-state index is 11.4. The number of carboxylic acid groups (broad SMARTS) is 1. The Morgan fingerprint density at radius 2 is 1.90 bits per heavy atom. The summed E-state index contributed by atoms with van der Waals surface area (Å²) in [7, 11) is 0. The standard InChI is InChI=1S/C16H19NO3/c1-9-6-7-11(16(3,4)5)8-12(9)14-13(15(18)19)10(2)17-20-14/h6-8H,1-5H3,(H,18,19). The summed E-state index contributed by atoms with van der Waals surface area (Å²) in [4.78, 5) is 11.4. The van der Waals surface area contributed by atoms with Crippen LogP contribution in [0.5, 0.6) is 0 Å². The van der Waals surface area contributed by atoms with Gasteiger partial charge in [0.05, 0.1) is 5.69 Å². The smallest absolute Gasteiger partial charge is 0.341 e. The number of benzene rings is 1. The van der Waals surface area contributed by atoms with Crippen LogP contribution in [-0.4, -0.2) is 16.2 Å². The molecule has 0 atom stereocenters. The van der Waals surface area contributed by atoms with E-state index in [9.17, 15) is 9.90 Å². The van der Waals surface area contributed by atoms with Gasteiger partial charge in [-0.05, 0) is 36.5 Å². The van der Waals surface area contributed by atoms with Gasteiger partial charge in [0.25, 0.3) is 0 Å². The normalized spacial score (nSPS) is 11.7. The van der Waals surface area contributed by atoms with Crippen molar-refractivity contribution in [1.82, 2.24) is 5.16 Å². The molecule has 1 aromatic heterocycles. The highest BCUT2D eigenvalue weighted by Crippen LogP contribution is 2.33. The van der Waals surface area contributed by atoms with E-state index in [2.05, 4.69) is 32.0 Å². The molecule has 0 aliphatic heterocycles. The summed E-state index contributed by atoms with van der Waals surface area (Å²) in [5.74, 6) is -0.682. The Balaban J connectivity index is 2.67. The quantitative estimate of drug-likeness (QED) is 0.899. The van der Waals surface area contributed by atoms with Gasteiger partial charge in [0.2, 0.25) is 0 Å². The topological polar surface area (TPSA) is 63.3 Å². The summed E-state index contributed by atoms with van der Waals surface area (Å²) in [5.41, 5.74) is 3.41. The zero-order valence-electron chi connectivity index (χ0n) is 12.4. The number of hydrogen-bond donors (Lipinski definition) is 1. The summed E-state index contributed by atoms with van der Waals surface area (Å²) >= 11 is 0. The fourth-order valence-corrected chi connectivity index (χ4v) is 2.14. The van der Waals surface area contributed by atoms with Gasteiger partial charge in [-0.25, -0.2) is 4.79 Å². The first-order valence-electron chi connectivity index (χ1n) is 6.53. The largest absolute Gasteiger partial charge is 0.477 e. The number of nitrogens with zero attached hydrogens (tertiary/aromatic N) is 1. The van der Waals surface area contributed by atoms with Crippen molar-refractivity contribution in [3.8, 4) is 11.3 Å². The summed E-state index contributed by atoms with van der Waals surface area (Å²) in [6.07, 6.45) is 0. The molecule has 0 saturated carbocycles. The van der Waals surface area contributed by atoms with Crippen molar-refractivity contribution < 1.29 is 14.4 Å². The minimum Gasteiger partial charge on any atom is -0.477 e. The van der Waals surface area contributed by atoms with E-state index in [0.29, 0.717) is 11.5 Å². The lowest BCUT2D eigenvalue weighted by atomic mass is 9.84. The highest BCUT2D eigenvalue weighted by atomic mass is 16.5. The third kappa shape index (κ3) is 2.46. The number of aryl methyl sites for hydroxylation is 2. The van der Waals surface area contributed by atoms with Crippen LogP contribution in [0.15, 0.2) is 22.7 Å². The molecular weight excluding hydrogens is 254 g/mol. The highest BCUT2D eigenvalue weighted by molar-refractivity contribution is 5.95. The van der Waals surface area contributed by atoms with Gasteiger partial charge < -0.3 is 9.63 Å². The molecule has 0 fully saturated rings. The second-order valence-electron chi connectivity index (χ2n) is 6.06. The molecule has 0 unspecified atom stereocenters. The fraction of sp³-hybridized carbons (Fsp3) is 0.375. The molecule has 0 saturated heterocycles. The van der Waals surface area contributed by atoms with Gasteiger partial charge in [0.1, 0.15) is 5.56 Å². The zero-order chi connectivity index (χ0) is 15.1. The Kier molecular flexibility index (Phi) is 3.42. The Morgan fingerprint density at radius 1 is 1.25 bits per heavy atom. The number of carboxylic acids is 1. The predicted octanol–water partition coefficient (Wildman–Crippen LogP) is 3.95. The molecule has 0 spiro atoms. The van der Waals surface area contributed by atoms with Crippen molar-refractivity contribution in [2.75, 3.05) is 0 Å². The number of carbonyl (C=O) groups is 1. The molecule has 20 heavy (non-hydrogen) atoms. The number of aromatic carboxylic acids is 1. The van der Waals surface area contributed by atoms with Crippen molar-refractivity contribution >= 4 is 5.97 Å². The molecule has 1 heterocycles. The second kappa shape index (κ2) is 4.78. The van der Waals surface area contributed by atoms with E-state index in [0.717, 1.165) is 16.7 Å². The number of rotatable bonds is 2. The van der Waals surface area contributed by atoms with Gasteiger partial charge in [0, 0.05) is 5.56 Å². The first-order valence-corrected chi connectivity index (χ1v) is 6.53. The number of hydrogen-bond acceptors (Lipinski definition) is 3. The van der Waals surface area contributed by atoms with Gasteiger partial charge in [0.15, 0.2) is 5.76 Å². The Morgan fingerprint density at radius 3 is 2.45 bits per heavy atom. The fourth-order valence-electron chi connectivity index (χ4n) is 2.14. The van der Waals surface area contributed by atoms with E-state index in [4.69, 9.17) is 4.52 Å². The van der Waals surface area contributed by atoms with Crippen LogP contribution in [0, 0.1) is 13.8 Å². The van der Waals surface area contributed by atoms with Gasteiger partial charge in [-0.2, -0.15) is 0 Å². The molecule has 4 nitrogen and oxygen atoms in total. The molecule has 0 amide bonds. The highest BCUT2D eigenvalue weighted by Gasteiger charge is 2.24. The van der Waals surface area contributed by atoms with Crippen LogP contribution in [0.1, 0.15) is 48.0 Å². The molecule has 4 heteroatoms. The molecule has 0 aliphatic carbocycles. The predicted molar refractivity (Wildman–Crippen MR) is 77.1 cm³/mol. The van der Waals surface area contributed by atoms with Crippen LogP contribution in [-0.2, 0) is 5.41 Å². The van der Waals surface area contributed by atoms with E-state index >= 15 is 0 Å². The maximum atomic E-state index is 11.4. The van der Waals surface area contributed by atoms with Crippen LogP contribution >= 0.6 is 0 Å². The van der Waals surface area contributed by atoms with Gasteiger partial charge in [-0.1, -0.05) is 38.1 Å². The van der Waals surface area contributed by atoms with Crippen molar-refractivity contribution in [3.05, 3.63) is 40.6 Å². The summed E-state index contributed by atoms with van der Waals surface area (Å²) in [5, 5.41) is 13.1. The first kappa shape index (κ1) is 14.3. The van der Waals surface area contributed by atoms with Crippen molar-refractivity contribution in [1.29, 1.82) is 0 Å². The molecular formula is C16H19NO3. The van der Waals surface area contributed by atoms with Crippen molar-refractivity contribution in [2.45, 2.75) is 40.0 Å². The van der Waals surface area contributed by atoms with Crippen LogP contribution in [0.4, 0.5) is 0 Å². The van der Waals surface area contributed by atoms with Gasteiger partial charge >= 0.3 is 5.97 Å². The minimum atomic E-state index is -1.01. The van der Waals surface area contributed by atoms with Crippen molar-refractivity contribution in [3.63, 3.8) is 0 Å². The van der Waals surface area contributed by atoms with E-state index in [-0.39, 0.29) is 11.0 Å². The third-order valence-electron chi connectivity index (χ3n) is 3.42.